The molecule has 8 heteroatoms. The number of aliphatic hydroxyl groups excluding tert-OH is 1. The van der Waals surface area contributed by atoms with Crippen LogP contribution in [0.25, 0.3) is 11.0 Å². The maximum Gasteiger partial charge on any atom is 0.326 e. The second-order valence-electron chi connectivity index (χ2n) is 10.3. The highest BCUT2D eigenvalue weighted by molar-refractivity contribution is 5.86. The fraction of sp³-hybridized carbons (Fsp3) is 0.500. The maximum atomic E-state index is 12.5. The van der Waals surface area contributed by atoms with Gasteiger partial charge in [-0.05, 0) is 61.1 Å². The number of methoxy groups -OCH3 is 1. The number of hydrogen-bond donors (Lipinski definition) is 3. The molecule has 6 rings (SSSR count). The van der Waals surface area contributed by atoms with Gasteiger partial charge in [-0.2, -0.15) is 0 Å². The number of hydrogen-bond acceptors (Lipinski definition) is 5. The van der Waals surface area contributed by atoms with Gasteiger partial charge in [-0.3, -0.25) is 9.56 Å². The fourth-order valence-electron chi connectivity index (χ4n) is 6.48. The van der Waals surface area contributed by atoms with Crippen LogP contribution in [0.2, 0.25) is 0 Å². The number of aliphatic hydroxyl groups is 1. The number of nitrogens with zero attached hydrogens (tertiary/aromatic N) is 3. The van der Waals surface area contributed by atoms with Crippen molar-refractivity contribution in [1.82, 2.24) is 19.8 Å². The molecule has 0 bridgehead atoms. The van der Waals surface area contributed by atoms with E-state index in [1.54, 1.807) is 7.11 Å². The molecule has 2 aromatic carbocycles. The van der Waals surface area contributed by atoms with Gasteiger partial charge in [0.15, 0.2) is 0 Å². The summed E-state index contributed by atoms with van der Waals surface area (Å²) < 4.78 is 7.48. The standard InChI is InChI=1S/C28H35N5O3/c1-36-26-15-21-18(14-19(26)17-34)6-7-23-22(21)16-27(30-23)29-10-13-32-11-8-20(9-12-32)33-25-5-3-2-4-24(25)31-28(33)35/h2-5,14-15,20,22-23,34H,6-13,16-17H2,1H3,(H,29,30)(H,31,35)/t22-,23+/m0/s1. The van der Waals surface area contributed by atoms with Crippen molar-refractivity contribution in [3.63, 3.8) is 0 Å². The lowest BCUT2D eigenvalue weighted by atomic mass is 9.79. The monoisotopic (exact) mass is 489 g/mol. The summed E-state index contributed by atoms with van der Waals surface area (Å²) in [5, 5.41) is 13.4. The Balaban J connectivity index is 1.05. The Labute approximate surface area is 211 Å². The number of rotatable bonds is 6. The molecule has 8 nitrogen and oxygen atoms in total. The van der Waals surface area contributed by atoms with E-state index in [0.29, 0.717) is 12.0 Å². The lowest BCUT2D eigenvalue weighted by Crippen LogP contribution is -2.38. The summed E-state index contributed by atoms with van der Waals surface area (Å²) in [5.74, 6) is 2.31. The molecule has 0 unspecified atom stereocenters. The molecular formula is C28H35N5O3. The largest absolute Gasteiger partial charge is 0.496 e. The lowest BCUT2D eigenvalue weighted by molar-refractivity contribution is 0.191. The van der Waals surface area contributed by atoms with E-state index < -0.39 is 0 Å². The van der Waals surface area contributed by atoms with Crippen LogP contribution in [0.15, 0.2) is 46.2 Å². The molecule has 2 atom stereocenters. The highest BCUT2D eigenvalue weighted by atomic mass is 16.5. The molecule has 2 aliphatic heterocycles. The van der Waals surface area contributed by atoms with E-state index in [4.69, 9.17) is 9.73 Å². The first kappa shape index (κ1) is 23.3. The second kappa shape index (κ2) is 9.75. The summed E-state index contributed by atoms with van der Waals surface area (Å²) in [6.45, 7) is 3.71. The number of aromatic nitrogens is 2. The third kappa shape index (κ3) is 4.22. The highest BCUT2D eigenvalue weighted by Crippen LogP contribution is 2.40. The Morgan fingerprint density at radius 1 is 1.17 bits per heavy atom. The first-order chi connectivity index (χ1) is 17.6. The number of ether oxygens (including phenoxy) is 1. The molecule has 190 valence electrons. The van der Waals surface area contributed by atoms with Crippen molar-refractivity contribution in [2.24, 2.45) is 4.99 Å². The van der Waals surface area contributed by atoms with Crippen LogP contribution < -0.4 is 15.7 Å². The summed E-state index contributed by atoms with van der Waals surface area (Å²) in [6, 6.07) is 12.9. The zero-order valence-electron chi connectivity index (χ0n) is 20.9. The van der Waals surface area contributed by atoms with E-state index in [2.05, 4.69) is 27.3 Å². The maximum absolute atomic E-state index is 12.5. The molecule has 0 spiro atoms. The first-order valence-corrected chi connectivity index (χ1v) is 13.2. The summed E-state index contributed by atoms with van der Waals surface area (Å²) >= 11 is 0. The van der Waals surface area contributed by atoms with Crippen molar-refractivity contribution in [3.05, 3.63) is 63.6 Å². The van der Waals surface area contributed by atoms with Crippen molar-refractivity contribution in [3.8, 4) is 5.75 Å². The van der Waals surface area contributed by atoms with Crippen LogP contribution in [-0.2, 0) is 13.0 Å². The molecular weight excluding hydrogens is 454 g/mol. The molecule has 0 amide bonds. The number of fused-ring (bicyclic) bond motifs is 4. The van der Waals surface area contributed by atoms with Gasteiger partial charge in [0.25, 0.3) is 0 Å². The van der Waals surface area contributed by atoms with E-state index >= 15 is 0 Å². The van der Waals surface area contributed by atoms with Gasteiger partial charge in [-0.1, -0.05) is 12.1 Å². The lowest BCUT2D eigenvalue weighted by Gasteiger charge is -2.32. The van der Waals surface area contributed by atoms with Crippen molar-refractivity contribution in [2.75, 3.05) is 33.3 Å². The van der Waals surface area contributed by atoms with E-state index in [-0.39, 0.29) is 18.3 Å². The van der Waals surface area contributed by atoms with Crippen LogP contribution in [0.5, 0.6) is 5.75 Å². The van der Waals surface area contributed by atoms with Gasteiger partial charge in [0.1, 0.15) is 5.75 Å². The first-order valence-electron chi connectivity index (χ1n) is 13.2. The summed E-state index contributed by atoms with van der Waals surface area (Å²) in [7, 11) is 1.67. The van der Waals surface area contributed by atoms with Gasteiger partial charge in [0.05, 0.1) is 37.1 Å². The number of aliphatic imine (C=N–C) groups is 1. The number of para-hydroxylation sites is 2. The number of aryl methyl sites for hydroxylation is 1. The molecule has 1 aliphatic carbocycles. The molecule has 1 aromatic heterocycles. The van der Waals surface area contributed by atoms with Gasteiger partial charge in [-0.25, -0.2) is 4.79 Å². The van der Waals surface area contributed by atoms with Crippen LogP contribution >= 0.6 is 0 Å². The van der Waals surface area contributed by atoms with Gasteiger partial charge in [0, 0.05) is 49.6 Å². The van der Waals surface area contributed by atoms with Gasteiger partial charge >= 0.3 is 5.69 Å². The average molecular weight is 490 g/mol. The molecule has 3 heterocycles. The fourth-order valence-corrected chi connectivity index (χ4v) is 6.48. The number of amidine groups is 1. The SMILES string of the molecule is COc1cc2c(cc1CO)CC[C@H]1NC(=NCCN3CCC(n4c(=O)[nH]c5ccccc54)CC3)C[C@@H]21. The van der Waals surface area contributed by atoms with Crippen LogP contribution in [-0.4, -0.2) is 64.7 Å². The minimum absolute atomic E-state index is 0.00148. The van der Waals surface area contributed by atoms with Gasteiger partial charge < -0.3 is 25.0 Å². The van der Waals surface area contributed by atoms with Crippen LogP contribution in [0, 0.1) is 0 Å². The third-order valence-electron chi connectivity index (χ3n) is 8.35. The zero-order valence-corrected chi connectivity index (χ0v) is 20.9. The van der Waals surface area contributed by atoms with Crippen LogP contribution in [0.3, 0.4) is 0 Å². The molecule has 0 radical (unpaired) electrons. The Hall–Kier alpha value is -3.10. The number of likely N-dealkylation sites (tertiary alicyclic amines) is 1. The zero-order chi connectivity index (χ0) is 24.6. The molecule has 3 aromatic rings. The molecule has 2 saturated heterocycles. The average Bonchev–Trinajstić information content (AvgIpc) is 3.48. The number of imidazole rings is 1. The van der Waals surface area contributed by atoms with Crippen molar-refractivity contribution >= 4 is 16.9 Å². The van der Waals surface area contributed by atoms with Crippen LogP contribution in [0.1, 0.15) is 54.3 Å². The minimum Gasteiger partial charge on any atom is -0.496 e. The second-order valence-corrected chi connectivity index (χ2v) is 10.3. The van der Waals surface area contributed by atoms with Gasteiger partial charge in [-0.15, -0.1) is 0 Å². The topological polar surface area (TPSA) is 94.9 Å². The van der Waals surface area contributed by atoms with Crippen molar-refractivity contribution < 1.29 is 9.84 Å². The Bertz CT molecular complexity index is 1330. The van der Waals surface area contributed by atoms with E-state index in [0.717, 1.165) is 86.5 Å². The molecule has 3 aliphatic rings. The van der Waals surface area contributed by atoms with Crippen molar-refractivity contribution in [2.45, 2.75) is 56.7 Å². The molecule has 3 N–H and O–H groups in total. The number of aromatic amines is 1. The predicted molar refractivity (Wildman–Crippen MR) is 141 cm³/mol. The smallest absolute Gasteiger partial charge is 0.326 e. The van der Waals surface area contributed by atoms with Gasteiger partial charge in [0.2, 0.25) is 0 Å². The van der Waals surface area contributed by atoms with E-state index in [9.17, 15) is 9.90 Å². The van der Waals surface area contributed by atoms with Crippen LogP contribution in [0.4, 0.5) is 0 Å². The minimum atomic E-state index is 0.00148. The number of piperidine rings is 1. The normalized spacial score (nSPS) is 23.6. The van der Waals surface area contributed by atoms with Crippen molar-refractivity contribution in [1.29, 1.82) is 0 Å². The quantitative estimate of drug-likeness (QED) is 0.495. The summed E-state index contributed by atoms with van der Waals surface area (Å²) in [5.41, 5.74) is 5.47. The third-order valence-corrected chi connectivity index (χ3v) is 8.35. The highest BCUT2D eigenvalue weighted by Gasteiger charge is 2.37. The van der Waals surface area contributed by atoms with E-state index in [1.165, 1.54) is 11.1 Å². The Kier molecular flexibility index (Phi) is 6.31. The molecule has 36 heavy (non-hydrogen) atoms. The number of nitrogens with one attached hydrogen (secondary N) is 2. The Morgan fingerprint density at radius 2 is 2.00 bits per heavy atom. The predicted octanol–water partition coefficient (Wildman–Crippen LogP) is 2.96. The number of benzene rings is 2. The number of H-pyrrole nitrogens is 1. The molecule has 0 saturated carbocycles. The van der Waals surface area contributed by atoms with E-state index in [1.807, 2.05) is 28.8 Å². The Morgan fingerprint density at radius 3 is 2.81 bits per heavy atom. The summed E-state index contributed by atoms with van der Waals surface area (Å²) in [6.07, 6.45) is 5.01. The molecule has 2 fully saturated rings. The summed E-state index contributed by atoms with van der Waals surface area (Å²) in [4.78, 5) is 23.0.